The highest BCUT2D eigenvalue weighted by Crippen LogP contribution is 2.21. The Morgan fingerprint density at radius 2 is 2.19 bits per heavy atom. The van der Waals surface area contributed by atoms with Gasteiger partial charge in [0.25, 0.3) is 0 Å². The Balaban J connectivity index is 2.51. The zero-order chi connectivity index (χ0) is 11.7. The molecule has 0 bridgehead atoms. The molecule has 0 spiro atoms. The first-order valence-corrected chi connectivity index (χ1v) is 5.82. The maximum atomic E-state index is 9.08. The molecule has 0 fully saturated rings. The maximum absolute atomic E-state index is 9.08. The summed E-state index contributed by atoms with van der Waals surface area (Å²) in [6, 6.07) is 6.02. The summed E-state index contributed by atoms with van der Waals surface area (Å²) in [5, 5.41) is 13.4. The van der Waals surface area contributed by atoms with E-state index in [0.717, 1.165) is 10.1 Å². The highest BCUT2D eigenvalue weighted by Gasteiger charge is 2.20. The predicted octanol–water partition coefficient (Wildman–Crippen LogP) is 2.75. The first-order chi connectivity index (χ1) is 7.61. The van der Waals surface area contributed by atoms with E-state index in [9.17, 15) is 0 Å². The highest BCUT2D eigenvalue weighted by molar-refractivity contribution is 9.10. The Morgan fingerprint density at radius 1 is 1.44 bits per heavy atom. The zero-order valence-electron chi connectivity index (χ0n) is 9.05. The Bertz CT molecular complexity index is 553. The average molecular weight is 279 g/mol. The molecule has 2 rings (SSSR count). The highest BCUT2D eigenvalue weighted by atomic mass is 79.9. The van der Waals surface area contributed by atoms with Crippen molar-refractivity contribution in [1.29, 1.82) is 5.26 Å². The molecule has 0 saturated heterocycles. The summed E-state index contributed by atoms with van der Waals surface area (Å²) in [5.74, 6) is 0.556. The van der Waals surface area contributed by atoms with Crippen molar-refractivity contribution in [3.05, 3.63) is 28.6 Å². The van der Waals surface area contributed by atoms with Crippen molar-refractivity contribution in [2.24, 2.45) is 5.92 Å². The molecule has 0 saturated carbocycles. The summed E-state index contributed by atoms with van der Waals surface area (Å²) in [4.78, 5) is 4.35. The van der Waals surface area contributed by atoms with Gasteiger partial charge in [0.1, 0.15) is 5.92 Å². The lowest BCUT2D eigenvalue weighted by atomic mass is 9.97. The van der Waals surface area contributed by atoms with Crippen LogP contribution >= 0.6 is 15.9 Å². The van der Waals surface area contributed by atoms with E-state index in [1.807, 2.05) is 32.2 Å². The van der Waals surface area contributed by atoms with Gasteiger partial charge in [-0.05, 0) is 34.0 Å². The van der Waals surface area contributed by atoms with Crippen molar-refractivity contribution in [1.82, 2.24) is 14.6 Å². The van der Waals surface area contributed by atoms with Crippen LogP contribution in [-0.4, -0.2) is 14.6 Å². The van der Waals surface area contributed by atoms with Crippen LogP contribution in [0.25, 0.3) is 5.65 Å². The number of aromatic nitrogens is 3. The van der Waals surface area contributed by atoms with Crippen molar-refractivity contribution in [2.45, 2.75) is 19.8 Å². The molecule has 0 amide bonds. The fourth-order valence-corrected chi connectivity index (χ4v) is 1.84. The van der Waals surface area contributed by atoms with E-state index in [1.54, 1.807) is 4.52 Å². The molecule has 16 heavy (non-hydrogen) atoms. The average Bonchev–Trinajstić information content (AvgIpc) is 2.60. The van der Waals surface area contributed by atoms with Crippen LogP contribution in [0.2, 0.25) is 0 Å². The molecule has 0 aromatic carbocycles. The van der Waals surface area contributed by atoms with E-state index < -0.39 is 0 Å². The van der Waals surface area contributed by atoms with Gasteiger partial charge in [0.05, 0.1) is 6.07 Å². The van der Waals surface area contributed by atoms with Crippen LogP contribution in [0, 0.1) is 17.2 Å². The second-order valence-electron chi connectivity index (χ2n) is 3.97. The fourth-order valence-electron chi connectivity index (χ4n) is 1.51. The van der Waals surface area contributed by atoms with Gasteiger partial charge in [-0.2, -0.15) is 5.26 Å². The van der Waals surface area contributed by atoms with E-state index in [4.69, 9.17) is 5.26 Å². The number of pyridine rings is 1. The summed E-state index contributed by atoms with van der Waals surface area (Å²) < 4.78 is 2.63. The van der Waals surface area contributed by atoms with Gasteiger partial charge in [0.2, 0.25) is 0 Å². The number of nitrogens with zero attached hydrogens (tertiary/aromatic N) is 4. The molecular weight excluding hydrogens is 268 g/mol. The maximum Gasteiger partial charge on any atom is 0.169 e. The Hall–Kier alpha value is -1.41. The second-order valence-corrected chi connectivity index (χ2v) is 4.89. The minimum absolute atomic E-state index is 0.214. The molecule has 0 aliphatic rings. The van der Waals surface area contributed by atoms with Crippen LogP contribution in [0.1, 0.15) is 25.6 Å². The van der Waals surface area contributed by atoms with Gasteiger partial charge in [-0.15, -0.1) is 5.10 Å². The number of rotatable bonds is 2. The standard InChI is InChI=1S/C11H11BrN4/c1-7(2)9(5-13)11-14-10-4-3-8(12)6-16(10)15-11/h3-4,6-7,9H,1-2H3. The summed E-state index contributed by atoms with van der Waals surface area (Å²) in [7, 11) is 0. The monoisotopic (exact) mass is 278 g/mol. The lowest BCUT2D eigenvalue weighted by molar-refractivity contribution is 0.561. The van der Waals surface area contributed by atoms with Gasteiger partial charge < -0.3 is 0 Å². The number of hydrogen-bond donors (Lipinski definition) is 0. The van der Waals surface area contributed by atoms with Gasteiger partial charge in [0, 0.05) is 10.7 Å². The second kappa shape index (κ2) is 4.22. The zero-order valence-corrected chi connectivity index (χ0v) is 10.6. The minimum Gasteiger partial charge on any atom is -0.220 e. The minimum atomic E-state index is -0.251. The van der Waals surface area contributed by atoms with Crippen LogP contribution in [-0.2, 0) is 0 Å². The largest absolute Gasteiger partial charge is 0.220 e. The van der Waals surface area contributed by atoms with Crippen molar-refractivity contribution in [3.63, 3.8) is 0 Å². The van der Waals surface area contributed by atoms with Gasteiger partial charge >= 0.3 is 0 Å². The van der Waals surface area contributed by atoms with Crippen LogP contribution in [0.15, 0.2) is 22.8 Å². The molecule has 1 unspecified atom stereocenters. The quantitative estimate of drug-likeness (QED) is 0.849. The molecule has 1 atom stereocenters. The summed E-state index contributed by atoms with van der Waals surface area (Å²) in [6.45, 7) is 3.99. The predicted molar refractivity (Wildman–Crippen MR) is 63.9 cm³/mol. The van der Waals surface area contributed by atoms with Crippen LogP contribution < -0.4 is 0 Å². The molecule has 0 aliphatic heterocycles. The first-order valence-electron chi connectivity index (χ1n) is 5.03. The lowest BCUT2D eigenvalue weighted by Gasteiger charge is -2.07. The van der Waals surface area contributed by atoms with Crippen LogP contribution in [0.4, 0.5) is 0 Å². The molecular formula is C11H11BrN4. The molecule has 2 heterocycles. The van der Waals surface area contributed by atoms with Crippen molar-refractivity contribution < 1.29 is 0 Å². The third-order valence-corrected chi connectivity index (χ3v) is 2.86. The SMILES string of the molecule is CC(C)C(C#N)c1nc2ccc(Br)cn2n1. The molecule has 2 aromatic heterocycles. The van der Waals surface area contributed by atoms with Gasteiger partial charge in [-0.3, -0.25) is 0 Å². The molecule has 0 aliphatic carbocycles. The summed E-state index contributed by atoms with van der Waals surface area (Å²) in [6.07, 6.45) is 1.83. The number of fused-ring (bicyclic) bond motifs is 1. The van der Waals surface area contributed by atoms with E-state index in [0.29, 0.717) is 5.82 Å². The van der Waals surface area contributed by atoms with E-state index in [-0.39, 0.29) is 11.8 Å². The smallest absolute Gasteiger partial charge is 0.169 e. The van der Waals surface area contributed by atoms with Crippen molar-refractivity contribution >= 4 is 21.6 Å². The van der Waals surface area contributed by atoms with Crippen molar-refractivity contribution in [2.75, 3.05) is 0 Å². The van der Waals surface area contributed by atoms with E-state index in [2.05, 4.69) is 32.1 Å². The Labute approximate surface area is 102 Å². The third kappa shape index (κ3) is 1.93. The molecule has 82 valence electrons. The molecule has 0 N–H and O–H groups in total. The van der Waals surface area contributed by atoms with Gasteiger partial charge in [-0.25, -0.2) is 9.50 Å². The Morgan fingerprint density at radius 3 is 2.81 bits per heavy atom. The third-order valence-electron chi connectivity index (χ3n) is 2.40. The molecule has 4 nitrogen and oxygen atoms in total. The van der Waals surface area contributed by atoms with Gasteiger partial charge in [-0.1, -0.05) is 13.8 Å². The van der Waals surface area contributed by atoms with E-state index in [1.165, 1.54) is 0 Å². The van der Waals surface area contributed by atoms with Gasteiger partial charge in [0.15, 0.2) is 11.5 Å². The molecule has 0 radical (unpaired) electrons. The fraction of sp³-hybridized carbons (Fsp3) is 0.364. The summed E-state index contributed by atoms with van der Waals surface area (Å²) >= 11 is 3.37. The van der Waals surface area contributed by atoms with Crippen LogP contribution in [0.5, 0.6) is 0 Å². The molecule has 2 aromatic rings. The molecule has 5 heteroatoms. The number of nitriles is 1. The normalized spacial score (nSPS) is 12.9. The van der Waals surface area contributed by atoms with E-state index >= 15 is 0 Å². The Kier molecular flexibility index (Phi) is 2.92. The summed E-state index contributed by atoms with van der Waals surface area (Å²) in [5.41, 5.74) is 0.763. The topological polar surface area (TPSA) is 54.0 Å². The lowest BCUT2D eigenvalue weighted by Crippen LogP contribution is -2.06. The van der Waals surface area contributed by atoms with Crippen LogP contribution in [0.3, 0.4) is 0 Å². The first kappa shape index (κ1) is 11.1. The van der Waals surface area contributed by atoms with Crippen molar-refractivity contribution in [3.8, 4) is 6.07 Å². The number of hydrogen-bond acceptors (Lipinski definition) is 3. The number of halogens is 1.